The molecule has 1 aromatic heterocycles. The molecule has 126 valence electrons. The molecule has 0 saturated heterocycles. The Morgan fingerprint density at radius 2 is 1.79 bits per heavy atom. The highest BCUT2D eigenvalue weighted by Crippen LogP contribution is 2.15. The van der Waals surface area contributed by atoms with Crippen molar-refractivity contribution in [3.8, 4) is 5.69 Å². The number of esters is 1. The number of nitrogens with zero attached hydrogens (tertiary/aromatic N) is 1. The van der Waals surface area contributed by atoms with E-state index < -0.39 is 17.5 Å². The van der Waals surface area contributed by atoms with E-state index in [-0.39, 0.29) is 23.1 Å². The Morgan fingerprint density at radius 1 is 1.17 bits per heavy atom. The van der Waals surface area contributed by atoms with E-state index >= 15 is 0 Å². The van der Waals surface area contributed by atoms with Gasteiger partial charge in [-0.25, -0.2) is 9.59 Å². The molecule has 0 atom stereocenters. The summed E-state index contributed by atoms with van der Waals surface area (Å²) in [6.07, 6.45) is 1.19. The van der Waals surface area contributed by atoms with Crippen molar-refractivity contribution in [3.05, 3.63) is 64.1 Å². The summed E-state index contributed by atoms with van der Waals surface area (Å²) >= 11 is 0. The summed E-state index contributed by atoms with van der Waals surface area (Å²) in [4.78, 5) is 36.1. The summed E-state index contributed by atoms with van der Waals surface area (Å²) in [6, 6.07) is 9.55. The number of rotatable bonds is 4. The number of carbonyl (C=O) groups excluding carboxylic acids is 1. The molecule has 0 unspecified atom stereocenters. The molecular weight excluding hydrogens is 310 g/mol. The molecule has 1 N–H and O–H groups in total. The highest BCUT2D eigenvalue weighted by Gasteiger charge is 2.21. The quantitative estimate of drug-likeness (QED) is 0.872. The van der Waals surface area contributed by atoms with Crippen LogP contribution in [0.1, 0.15) is 41.5 Å². The largest absolute Gasteiger partial charge is 0.478 e. The van der Waals surface area contributed by atoms with Crippen LogP contribution in [0.5, 0.6) is 0 Å². The summed E-state index contributed by atoms with van der Waals surface area (Å²) in [5.74, 6) is -2.06. The molecule has 1 heterocycles. The zero-order valence-corrected chi connectivity index (χ0v) is 13.8. The van der Waals surface area contributed by atoms with Gasteiger partial charge in [0, 0.05) is 11.9 Å². The number of hydrogen-bond donors (Lipinski definition) is 1. The van der Waals surface area contributed by atoms with Crippen molar-refractivity contribution in [2.45, 2.75) is 20.8 Å². The van der Waals surface area contributed by atoms with Crippen LogP contribution in [0.25, 0.3) is 5.69 Å². The first-order valence-electron chi connectivity index (χ1n) is 7.41. The van der Waals surface area contributed by atoms with Crippen molar-refractivity contribution in [2.75, 3.05) is 6.61 Å². The number of pyridine rings is 1. The van der Waals surface area contributed by atoms with Crippen molar-refractivity contribution in [2.24, 2.45) is 5.41 Å². The van der Waals surface area contributed by atoms with E-state index in [1.54, 1.807) is 30.3 Å². The van der Waals surface area contributed by atoms with E-state index in [4.69, 9.17) is 4.74 Å². The summed E-state index contributed by atoms with van der Waals surface area (Å²) < 4.78 is 6.29. The van der Waals surface area contributed by atoms with Crippen molar-refractivity contribution in [1.29, 1.82) is 0 Å². The molecule has 0 spiro atoms. The predicted octanol–water partition coefficient (Wildman–Crippen LogP) is 2.74. The van der Waals surface area contributed by atoms with Crippen LogP contribution in [0.2, 0.25) is 0 Å². The minimum Gasteiger partial charge on any atom is -0.478 e. The van der Waals surface area contributed by atoms with Crippen molar-refractivity contribution in [3.63, 3.8) is 0 Å². The van der Waals surface area contributed by atoms with E-state index in [2.05, 4.69) is 0 Å². The Balaban J connectivity index is 2.52. The molecule has 2 aromatic rings. The summed E-state index contributed by atoms with van der Waals surface area (Å²) in [5.41, 5.74) is -0.886. The third-order valence-corrected chi connectivity index (χ3v) is 3.15. The summed E-state index contributed by atoms with van der Waals surface area (Å²) in [6.45, 7) is 5.77. The number of benzene rings is 1. The molecule has 6 heteroatoms. The van der Waals surface area contributed by atoms with Gasteiger partial charge >= 0.3 is 11.9 Å². The van der Waals surface area contributed by atoms with Gasteiger partial charge in [0.25, 0.3) is 5.56 Å². The Kier molecular flexibility index (Phi) is 4.87. The van der Waals surface area contributed by atoms with E-state index in [0.29, 0.717) is 5.69 Å². The second kappa shape index (κ2) is 6.70. The van der Waals surface area contributed by atoms with Gasteiger partial charge in [0.05, 0.1) is 12.2 Å². The predicted molar refractivity (Wildman–Crippen MR) is 88.7 cm³/mol. The van der Waals surface area contributed by atoms with Crippen LogP contribution in [-0.4, -0.2) is 28.2 Å². The number of carbonyl (C=O) groups is 2. The van der Waals surface area contributed by atoms with Gasteiger partial charge < -0.3 is 9.84 Å². The fraction of sp³-hybridized carbons (Fsp3) is 0.278. The van der Waals surface area contributed by atoms with Crippen molar-refractivity contribution in [1.82, 2.24) is 4.57 Å². The number of hydrogen-bond acceptors (Lipinski definition) is 4. The van der Waals surface area contributed by atoms with Crippen LogP contribution in [0.3, 0.4) is 0 Å². The van der Waals surface area contributed by atoms with Gasteiger partial charge in [0.1, 0.15) is 5.56 Å². The van der Waals surface area contributed by atoms with Crippen molar-refractivity contribution < 1.29 is 19.4 Å². The molecule has 0 saturated carbocycles. The molecule has 0 radical (unpaired) electrons. The number of aromatic nitrogens is 1. The third-order valence-electron chi connectivity index (χ3n) is 3.15. The Bertz CT molecular complexity index is 816. The molecule has 0 bridgehead atoms. The monoisotopic (exact) mass is 329 g/mol. The normalized spacial score (nSPS) is 11.1. The van der Waals surface area contributed by atoms with E-state index in [1.165, 1.54) is 6.20 Å². The number of para-hydroxylation sites is 1. The number of carboxylic acid groups (broad SMARTS) is 1. The lowest BCUT2D eigenvalue weighted by Gasteiger charge is -2.18. The Labute approximate surface area is 139 Å². The highest BCUT2D eigenvalue weighted by atomic mass is 16.5. The van der Waals surface area contributed by atoms with Crippen LogP contribution in [0, 0.1) is 5.41 Å². The lowest BCUT2D eigenvalue weighted by atomic mass is 9.99. The van der Waals surface area contributed by atoms with Crippen molar-refractivity contribution >= 4 is 11.9 Å². The molecule has 0 aliphatic carbocycles. The van der Waals surface area contributed by atoms with Crippen LogP contribution < -0.4 is 5.56 Å². The molecule has 0 aliphatic heterocycles. The zero-order chi connectivity index (χ0) is 17.9. The average molecular weight is 329 g/mol. The van der Waals surface area contributed by atoms with Gasteiger partial charge in [-0.05, 0) is 23.6 Å². The van der Waals surface area contributed by atoms with Crippen LogP contribution in [-0.2, 0) is 4.74 Å². The zero-order valence-electron chi connectivity index (χ0n) is 13.8. The van der Waals surface area contributed by atoms with Gasteiger partial charge in [-0.1, -0.05) is 39.0 Å². The highest BCUT2D eigenvalue weighted by molar-refractivity contribution is 5.94. The lowest BCUT2D eigenvalue weighted by molar-refractivity contribution is 0.0364. The first kappa shape index (κ1) is 17.5. The first-order chi connectivity index (χ1) is 11.2. The smallest absolute Gasteiger partial charge is 0.343 e. The van der Waals surface area contributed by atoms with Gasteiger partial charge in [0.2, 0.25) is 0 Å². The van der Waals surface area contributed by atoms with Gasteiger partial charge in [-0.3, -0.25) is 9.36 Å². The summed E-state index contributed by atoms with van der Waals surface area (Å²) in [7, 11) is 0. The molecule has 24 heavy (non-hydrogen) atoms. The minimum atomic E-state index is -1.23. The number of ether oxygens (including phenoxy) is 1. The third kappa shape index (κ3) is 4.10. The van der Waals surface area contributed by atoms with Gasteiger partial charge in [-0.15, -0.1) is 0 Å². The lowest BCUT2D eigenvalue weighted by Crippen LogP contribution is -2.29. The Hall–Kier alpha value is -2.89. The first-order valence-corrected chi connectivity index (χ1v) is 7.41. The maximum Gasteiger partial charge on any atom is 0.343 e. The van der Waals surface area contributed by atoms with E-state index in [9.17, 15) is 19.5 Å². The molecule has 0 amide bonds. The number of aromatic carboxylic acids is 1. The standard InChI is InChI=1S/C18H19NO5/c1-18(2,3)11-24-17(23)14-9-12(16(21)22)10-19(15(14)20)13-7-5-4-6-8-13/h4-10H,11H2,1-3H3,(H,21,22). The molecule has 1 aromatic carbocycles. The second-order valence-corrected chi connectivity index (χ2v) is 6.60. The number of carboxylic acids is 1. The topological polar surface area (TPSA) is 85.6 Å². The second-order valence-electron chi connectivity index (χ2n) is 6.60. The maximum absolute atomic E-state index is 12.6. The molecule has 0 aliphatic rings. The molecular formula is C18H19NO5. The fourth-order valence-corrected chi connectivity index (χ4v) is 1.99. The minimum absolute atomic E-state index is 0.119. The van der Waals surface area contributed by atoms with Crippen LogP contribution in [0.4, 0.5) is 0 Å². The van der Waals surface area contributed by atoms with E-state index in [0.717, 1.165) is 10.6 Å². The van der Waals surface area contributed by atoms with Gasteiger partial charge in [0.15, 0.2) is 0 Å². The Morgan fingerprint density at radius 3 is 2.33 bits per heavy atom. The molecule has 6 nitrogen and oxygen atoms in total. The van der Waals surface area contributed by atoms with Gasteiger partial charge in [-0.2, -0.15) is 0 Å². The average Bonchev–Trinajstić information content (AvgIpc) is 2.52. The maximum atomic E-state index is 12.6. The molecule has 0 fully saturated rings. The van der Waals surface area contributed by atoms with Crippen LogP contribution >= 0.6 is 0 Å². The SMILES string of the molecule is CC(C)(C)COC(=O)c1cc(C(=O)O)cn(-c2ccccc2)c1=O. The molecule has 2 rings (SSSR count). The van der Waals surface area contributed by atoms with Crippen LogP contribution in [0.15, 0.2) is 47.4 Å². The fourth-order valence-electron chi connectivity index (χ4n) is 1.99. The summed E-state index contributed by atoms with van der Waals surface area (Å²) in [5, 5.41) is 9.24. The van der Waals surface area contributed by atoms with E-state index in [1.807, 2.05) is 20.8 Å².